The van der Waals surface area contributed by atoms with Crippen LogP contribution in [0, 0.1) is 11.8 Å². The first-order valence-corrected chi connectivity index (χ1v) is 11.1. The Balaban J connectivity index is 1.40. The summed E-state index contributed by atoms with van der Waals surface area (Å²) in [5, 5.41) is 0. The first-order chi connectivity index (χ1) is 13.5. The fourth-order valence-corrected chi connectivity index (χ4v) is 5.38. The van der Waals surface area contributed by atoms with E-state index < -0.39 is 0 Å². The van der Waals surface area contributed by atoms with E-state index >= 15 is 0 Å². The summed E-state index contributed by atoms with van der Waals surface area (Å²) in [5.74, 6) is 2.71. The van der Waals surface area contributed by atoms with Crippen LogP contribution in [0.15, 0.2) is 10.9 Å². The molecule has 0 N–H and O–H groups in total. The van der Waals surface area contributed by atoms with Gasteiger partial charge in [-0.1, -0.05) is 20.3 Å². The van der Waals surface area contributed by atoms with Crippen molar-refractivity contribution in [3.8, 4) is 0 Å². The second-order valence-corrected chi connectivity index (χ2v) is 9.36. The van der Waals surface area contributed by atoms with Crippen LogP contribution in [0.2, 0.25) is 0 Å². The first kappa shape index (κ1) is 19.6. The molecule has 1 aromatic rings. The summed E-state index contributed by atoms with van der Waals surface area (Å²) in [6, 6.07) is 1.72. The van der Waals surface area contributed by atoms with E-state index in [4.69, 9.17) is 4.98 Å². The Labute approximate surface area is 167 Å². The van der Waals surface area contributed by atoms with E-state index in [1.807, 2.05) is 9.47 Å². The lowest BCUT2D eigenvalue weighted by Gasteiger charge is -2.35. The van der Waals surface area contributed by atoms with Gasteiger partial charge < -0.3 is 4.90 Å². The highest BCUT2D eigenvalue weighted by Gasteiger charge is 2.31. The van der Waals surface area contributed by atoms with Crippen LogP contribution in [0.3, 0.4) is 0 Å². The molecule has 0 radical (unpaired) electrons. The number of rotatable bonds is 3. The van der Waals surface area contributed by atoms with Gasteiger partial charge >= 0.3 is 0 Å². The zero-order valence-corrected chi connectivity index (χ0v) is 17.4. The Hall–Kier alpha value is -1.69. The maximum absolute atomic E-state index is 12.8. The number of carbonyl (C=O) groups excluding carboxylic acids is 1. The molecule has 1 amide bonds. The predicted molar refractivity (Wildman–Crippen MR) is 109 cm³/mol. The minimum absolute atomic E-state index is 0.0861. The maximum atomic E-state index is 12.8. The summed E-state index contributed by atoms with van der Waals surface area (Å²) in [7, 11) is 0. The monoisotopic (exact) mass is 386 g/mol. The van der Waals surface area contributed by atoms with E-state index in [0.29, 0.717) is 24.9 Å². The van der Waals surface area contributed by atoms with Gasteiger partial charge in [-0.3, -0.25) is 19.1 Å². The van der Waals surface area contributed by atoms with Crippen LogP contribution < -0.4 is 5.56 Å². The van der Waals surface area contributed by atoms with Crippen molar-refractivity contribution in [2.75, 3.05) is 32.7 Å². The van der Waals surface area contributed by atoms with Crippen molar-refractivity contribution in [1.29, 1.82) is 0 Å². The van der Waals surface area contributed by atoms with E-state index in [1.165, 1.54) is 6.42 Å². The van der Waals surface area contributed by atoms with E-state index in [1.54, 1.807) is 6.07 Å². The van der Waals surface area contributed by atoms with Crippen LogP contribution in [-0.4, -0.2) is 58.0 Å². The minimum Gasteiger partial charge on any atom is -0.341 e. The highest BCUT2D eigenvalue weighted by molar-refractivity contribution is 5.78. The van der Waals surface area contributed by atoms with Gasteiger partial charge in [0.1, 0.15) is 5.82 Å². The molecule has 0 aromatic carbocycles. The summed E-state index contributed by atoms with van der Waals surface area (Å²) in [4.78, 5) is 34.6. The van der Waals surface area contributed by atoms with Gasteiger partial charge in [0.15, 0.2) is 0 Å². The molecule has 0 unspecified atom stereocenters. The molecule has 2 fully saturated rings. The smallest absolute Gasteiger partial charge is 0.253 e. The van der Waals surface area contributed by atoms with Crippen molar-refractivity contribution in [1.82, 2.24) is 19.4 Å². The van der Waals surface area contributed by atoms with Crippen molar-refractivity contribution in [3.63, 3.8) is 0 Å². The molecule has 2 saturated heterocycles. The molecule has 1 aromatic heterocycles. The Morgan fingerprint density at radius 3 is 2.68 bits per heavy atom. The van der Waals surface area contributed by atoms with Crippen molar-refractivity contribution in [3.05, 3.63) is 27.9 Å². The molecule has 28 heavy (non-hydrogen) atoms. The van der Waals surface area contributed by atoms with Gasteiger partial charge in [-0.2, -0.15) is 0 Å². The van der Waals surface area contributed by atoms with Crippen LogP contribution in [0.1, 0.15) is 63.4 Å². The standard InChI is InChI=1S/C22H34N4O2/c1-16-10-17(2)13-24(12-16)15-22(28)25-9-7-18(14-25)19-11-21(27)26-8-5-3-4-6-20(26)23-19/h11,16-18H,3-10,12-15H2,1-2H3/t16-,17-,18+/m1/s1. The van der Waals surface area contributed by atoms with Gasteiger partial charge in [-0.05, 0) is 37.5 Å². The van der Waals surface area contributed by atoms with Gasteiger partial charge in [0, 0.05) is 51.1 Å². The summed E-state index contributed by atoms with van der Waals surface area (Å²) in [5.41, 5.74) is 0.983. The Bertz CT molecular complexity index is 764. The fraction of sp³-hybridized carbons (Fsp3) is 0.773. The Morgan fingerprint density at radius 1 is 1.11 bits per heavy atom. The largest absolute Gasteiger partial charge is 0.341 e. The molecular weight excluding hydrogens is 352 g/mol. The van der Waals surface area contributed by atoms with Gasteiger partial charge in [0.05, 0.1) is 12.2 Å². The molecule has 0 aliphatic carbocycles. The average molecular weight is 387 g/mol. The van der Waals surface area contributed by atoms with Gasteiger partial charge in [-0.15, -0.1) is 0 Å². The summed E-state index contributed by atoms with van der Waals surface area (Å²) >= 11 is 0. The molecule has 3 atom stereocenters. The third-order valence-corrected chi connectivity index (χ3v) is 6.65. The second-order valence-electron chi connectivity index (χ2n) is 9.36. The van der Waals surface area contributed by atoms with Crippen LogP contribution in [0.5, 0.6) is 0 Å². The fourth-order valence-electron chi connectivity index (χ4n) is 5.38. The number of hydrogen-bond acceptors (Lipinski definition) is 4. The Morgan fingerprint density at radius 2 is 1.89 bits per heavy atom. The highest BCUT2D eigenvalue weighted by Crippen LogP contribution is 2.27. The lowest BCUT2D eigenvalue weighted by Crippen LogP contribution is -2.45. The van der Waals surface area contributed by atoms with Crippen LogP contribution >= 0.6 is 0 Å². The lowest BCUT2D eigenvalue weighted by atomic mass is 9.92. The van der Waals surface area contributed by atoms with Crippen LogP contribution in [-0.2, 0) is 17.8 Å². The molecule has 3 aliphatic rings. The normalized spacial score (nSPS) is 28.8. The van der Waals surface area contributed by atoms with Crippen molar-refractivity contribution in [2.24, 2.45) is 11.8 Å². The molecule has 4 rings (SSSR count). The van der Waals surface area contributed by atoms with E-state index in [0.717, 1.165) is 69.8 Å². The summed E-state index contributed by atoms with van der Waals surface area (Å²) < 4.78 is 1.85. The topological polar surface area (TPSA) is 58.4 Å². The minimum atomic E-state index is 0.0861. The first-order valence-electron chi connectivity index (χ1n) is 11.1. The SMILES string of the molecule is C[C@@H]1C[C@@H](C)CN(CC(=O)N2CC[C@H](c3cc(=O)n4c(n3)CCCCC4)C2)C1. The average Bonchev–Trinajstić information content (AvgIpc) is 3.00. The molecule has 4 heterocycles. The third kappa shape index (κ3) is 4.32. The maximum Gasteiger partial charge on any atom is 0.253 e. The molecule has 154 valence electrons. The molecule has 6 nitrogen and oxygen atoms in total. The molecule has 0 bridgehead atoms. The molecular formula is C22H34N4O2. The third-order valence-electron chi connectivity index (χ3n) is 6.65. The van der Waals surface area contributed by atoms with E-state index in [-0.39, 0.29) is 17.4 Å². The summed E-state index contributed by atoms with van der Waals surface area (Å²) in [6.07, 6.45) is 6.40. The van der Waals surface area contributed by atoms with Crippen molar-refractivity contribution in [2.45, 2.75) is 64.8 Å². The van der Waals surface area contributed by atoms with E-state index in [9.17, 15) is 9.59 Å². The number of aryl methyl sites for hydroxylation is 1. The van der Waals surface area contributed by atoms with E-state index in [2.05, 4.69) is 18.7 Å². The van der Waals surface area contributed by atoms with Crippen LogP contribution in [0.25, 0.3) is 0 Å². The highest BCUT2D eigenvalue weighted by atomic mass is 16.2. The summed E-state index contributed by atoms with van der Waals surface area (Å²) in [6.45, 7) is 9.41. The van der Waals surface area contributed by atoms with Gasteiger partial charge in [-0.25, -0.2) is 4.98 Å². The number of piperidine rings is 1. The quantitative estimate of drug-likeness (QED) is 0.800. The van der Waals surface area contributed by atoms with Crippen molar-refractivity contribution >= 4 is 5.91 Å². The number of carbonyl (C=O) groups is 1. The lowest BCUT2D eigenvalue weighted by molar-refractivity contribution is -0.132. The zero-order chi connectivity index (χ0) is 19.7. The molecule has 3 aliphatic heterocycles. The number of likely N-dealkylation sites (tertiary alicyclic amines) is 2. The van der Waals surface area contributed by atoms with Crippen LogP contribution in [0.4, 0.5) is 0 Å². The Kier molecular flexibility index (Phi) is 5.85. The molecule has 6 heteroatoms. The van der Waals surface area contributed by atoms with Crippen molar-refractivity contribution < 1.29 is 4.79 Å². The number of nitrogens with zero attached hydrogens (tertiary/aromatic N) is 4. The number of fused-ring (bicyclic) bond motifs is 1. The second kappa shape index (κ2) is 8.36. The van der Waals surface area contributed by atoms with Gasteiger partial charge in [0.2, 0.25) is 5.91 Å². The van der Waals surface area contributed by atoms with Gasteiger partial charge in [0.25, 0.3) is 5.56 Å². The zero-order valence-electron chi connectivity index (χ0n) is 17.4. The number of aromatic nitrogens is 2. The molecule has 0 saturated carbocycles. The molecule has 0 spiro atoms. The number of amides is 1. The number of hydrogen-bond donors (Lipinski definition) is 0. The predicted octanol–water partition coefficient (Wildman–Crippen LogP) is 2.26.